The zero-order valence-corrected chi connectivity index (χ0v) is 17.0. The maximum absolute atomic E-state index is 6.54. The van der Waals surface area contributed by atoms with Gasteiger partial charge in [-0.3, -0.25) is 0 Å². The zero-order valence-electron chi connectivity index (χ0n) is 16.3. The van der Waals surface area contributed by atoms with Gasteiger partial charge in [0.15, 0.2) is 0 Å². The van der Waals surface area contributed by atoms with Crippen LogP contribution in [0.1, 0.15) is 43.9 Å². The van der Waals surface area contributed by atoms with Crippen molar-refractivity contribution >= 4 is 34.3 Å². The second-order valence-corrected chi connectivity index (χ2v) is 7.58. The van der Waals surface area contributed by atoms with E-state index < -0.39 is 0 Å². The number of anilines is 2. The minimum absolute atomic E-state index is 0.463. The van der Waals surface area contributed by atoms with Crippen LogP contribution in [-0.4, -0.2) is 28.2 Å². The van der Waals surface area contributed by atoms with Crippen molar-refractivity contribution in [2.45, 2.75) is 46.1 Å². The average molecular weight is 385 g/mol. The van der Waals surface area contributed by atoms with Crippen LogP contribution in [0.25, 0.3) is 11.0 Å². The standard InChI is InChI=1S/C21H25ClN4O/c1-5-13(2)15-7-8-16(22)19-20(15)26-12-6-11-25(21(26)24-19)17-9-10-18(27-4)23-14(17)3/h7-10,13H,5-6,11-12H2,1-4H3. The van der Waals surface area contributed by atoms with Crippen molar-refractivity contribution in [3.8, 4) is 5.88 Å². The van der Waals surface area contributed by atoms with E-state index in [1.54, 1.807) is 7.11 Å². The molecule has 0 saturated heterocycles. The summed E-state index contributed by atoms with van der Waals surface area (Å²) in [6.07, 6.45) is 2.14. The highest BCUT2D eigenvalue weighted by Crippen LogP contribution is 2.39. The Kier molecular flexibility index (Phi) is 4.72. The molecule has 1 atom stereocenters. The molecule has 0 bridgehead atoms. The molecule has 0 amide bonds. The van der Waals surface area contributed by atoms with Gasteiger partial charge in [-0.15, -0.1) is 0 Å². The number of nitrogens with zero attached hydrogens (tertiary/aromatic N) is 4. The Morgan fingerprint density at radius 1 is 1.19 bits per heavy atom. The quantitative estimate of drug-likeness (QED) is 0.599. The Morgan fingerprint density at radius 3 is 2.70 bits per heavy atom. The molecule has 5 nitrogen and oxygen atoms in total. The van der Waals surface area contributed by atoms with Crippen molar-refractivity contribution in [2.75, 3.05) is 18.6 Å². The van der Waals surface area contributed by atoms with Crippen LogP contribution in [0.15, 0.2) is 24.3 Å². The van der Waals surface area contributed by atoms with Crippen LogP contribution in [0, 0.1) is 6.92 Å². The van der Waals surface area contributed by atoms with Crippen LogP contribution in [0.3, 0.4) is 0 Å². The molecule has 0 aliphatic carbocycles. The fourth-order valence-corrected chi connectivity index (χ4v) is 4.10. The number of hydrogen-bond acceptors (Lipinski definition) is 4. The van der Waals surface area contributed by atoms with Crippen LogP contribution >= 0.6 is 11.6 Å². The molecule has 27 heavy (non-hydrogen) atoms. The van der Waals surface area contributed by atoms with E-state index in [2.05, 4.69) is 40.4 Å². The van der Waals surface area contributed by atoms with Crippen LogP contribution in [0.2, 0.25) is 5.02 Å². The first-order valence-corrected chi connectivity index (χ1v) is 9.90. The lowest BCUT2D eigenvalue weighted by atomic mass is 9.97. The summed E-state index contributed by atoms with van der Waals surface area (Å²) < 4.78 is 7.59. The second-order valence-electron chi connectivity index (χ2n) is 7.17. The molecule has 2 aromatic heterocycles. The molecule has 0 fully saturated rings. The van der Waals surface area contributed by atoms with Gasteiger partial charge >= 0.3 is 0 Å². The average Bonchev–Trinajstić information content (AvgIpc) is 3.08. The minimum Gasteiger partial charge on any atom is -0.481 e. The number of hydrogen-bond donors (Lipinski definition) is 0. The lowest BCUT2D eigenvalue weighted by molar-refractivity contribution is 0.397. The van der Waals surface area contributed by atoms with E-state index in [0.717, 1.165) is 48.8 Å². The van der Waals surface area contributed by atoms with E-state index in [1.165, 1.54) is 11.1 Å². The fourth-order valence-electron chi connectivity index (χ4n) is 3.90. The van der Waals surface area contributed by atoms with Crippen LogP contribution in [-0.2, 0) is 6.54 Å². The van der Waals surface area contributed by atoms with Gasteiger partial charge in [-0.2, -0.15) is 0 Å². The van der Waals surface area contributed by atoms with Crippen LogP contribution in [0.4, 0.5) is 11.6 Å². The van der Waals surface area contributed by atoms with Gasteiger partial charge in [0.25, 0.3) is 0 Å². The number of methoxy groups -OCH3 is 1. The highest BCUT2D eigenvalue weighted by atomic mass is 35.5. The number of imidazole rings is 1. The molecule has 1 aliphatic heterocycles. The molecule has 0 radical (unpaired) electrons. The van der Waals surface area contributed by atoms with Gasteiger partial charge in [-0.05, 0) is 43.4 Å². The number of rotatable bonds is 4. The van der Waals surface area contributed by atoms with E-state index in [1.807, 2.05) is 19.1 Å². The molecule has 3 aromatic rings. The highest BCUT2D eigenvalue weighted by Gasteiger charge is 2.27. The first kappa shape index (κ1) is 18.1. The van der Waals surface area contributed by atoms with Crippen molar-refractivity contribution in [3.05, 3.63) is 40.5 Å². The molecule has 6 heteroatoms. The van der Waals surface area contributed by atoms with E-state index in [-0.39, 0.29) is 0 Å². The van der Waals surface area contributed by atoms with Gasteiger partial charge in [0, 0.05) is 19.2 Å². The number of ether oxygens (including phenoxy) is 1. The SMILES string of the molecule is CCC(C)c1ccc(Cl)c2nc3n(c12)CCCN3c1ccc(OC)nc1C. The Balaban J connectivity index is 1.91. The Bertz CT molecular complexity index is 998. The molecule has 142 valence electrons. The summed E-state index contributed by atoms with van der Waals surface area (Å²) in [5, 5.41) is 0.712. The summed E-state index contributed by atoms with van der Waals surface area (Å²) in [6, 6.07) is 8.11. The van der Waals surface area contributed by atoms with E-state index >= 15 is 0 Å². The normalized spacial score (nSPS) is 15.1. The molecule has 0 N–H and O–H groups in total. The molecule has 1 aliphatic rings. The molecular formula is C21H25ClN4O. The fraction of sp³-hybridized carbons (Fsp3) is 0.429. The number of halogens is 1. The second kappa shape index (κ2) is 7.04. The van der Waals surface area contributed by atoms with Gasteiger partial charge < -0.3 is 14.2 Å². The Labute approximate surface area is 164 Å². The summed E-state index contributed by atoms with van der Waals surface area (Å²) in [5.74, 6) is 2.04. The maximum Gasteiger partial charge on any atom is 0.213 e. The lowest BCUT2D eigenvalue weighted by Crippen LogP contribution is -2.29. The Hall–Kier alpha value is -2.27. The summed E-state index contributed by atoms with van der Waals surface area (Å²) in [7, 11) is 1.64. The van der Waals surface area contributed by atoms with Crippen LogP contribution < -0.4 is 9.64 Å². The van der Waals surface area contributed by atoms with Gasteiger partial charge in [-0.25, -0.2) is 9.97 Å². The third kappa shape index (κ3) is 2.94. The van der Waals surface area contributed by atoms with Gasteiger partial charge in [0.2, 0.25) is 11.8 Å². The molecule has 4 rings (SSSR count). The number of aromatic nitrogens is 3. The van der Waals surface area contributed by atoms with Crippen molar-refractivity contribution in [2.24, 2.45) is 0 Å². The van der Waals surface area contributed by atoms with Crippen LogP contribution in [0.5, 0.6) is 5.88 Å². The molecule has 0 saturated carbocycles. The number of fused-ring (bicyclic) bond motifs is 3. The number of aryl methyl sites for hydroxylation is 2. The largest absolute Gasteiger partial charge is 0.481 e. The molecule has 3 heterocycles. The van der Waals surface area contributed by atoms with Crippen molar-refractivity contribution in [3.63, 3.8) is 0 Å². The molecular weight excluding hydrogens is 360 g/mol. The smallest absolute Gasteiger partial charge is 0.213 e. The first-order chi connectivity index (χ1) is 13.0. The van der Waals surface area contributed by atoms with Gasteiger partial charge in [-0.1, -0.05) is 31.5 Å². The number of pyridine rings is 1. The van der Waals surface area contributed by atoms with Crippen molar-refractivity contribution < 1.29 is 4.74 Å². The summed E-state index contributed by atoms with van der Waals surface area (Å²) in [6.45, 7) is 8.36. The topological polar surface area (TPSA) is 43.2 Å². The monoisotopic (exact) mass is 384 g/mol. The zero-order chi connectivity index (χ0) is 19.1. The first-order valence-electron chi connectivity index (χ1n) is 9.53. The predicted molar refractivity (Wildman–Crippen MR) is 111 cm³/mol. The third-order valence-corrected chi connectivity index (χ3v) is 5.84. The highest BCUT2D eigenvalue weighted by molar-refractivity contribution is 6.35. The van der Waals surface area contributed by atoms with E-state index in [0.29, 0.717) is 16.8 Å². The van der Waals surface area contributed by atoms with E-state index in [9.17, 15) is 0 Å². The molecule has 0 spiro atoms. The van der Waals surface area contributed by atoms with Gasteiger partial charge in [0.1, 0.15) is 5.52 Å². The summed E-state index contributed by atoms with van der Waals surface area (Å²) >= 11 is 6.54. The van der Waals surface area contributed by atoms with Crippen molar-refractivity contribution in [1.82, 2.24) is 14.5 Å². The summed E-state index contributed by atoms with van der Waals surface area (Å²) in [4.78, 5) is 11.8. The van der Waals surface area contributed by atoms with E-state index in [4.69, 9.17) is 21.3 Å². The third-order valence-electron chi connectivity index (χ3n) is 5.54. The maximum atomic E-state index is 6.54. The van der Waals surface area contributed by atoms with Gasteiger partial charge in [0.05, 0.1) is 29.0 Å². The van der Waals surface area contributed by atoms with Crippen molar-refractivity contribution in [1.29, 1.82) is 0 Å². The Morgan fingerprint density at radius 2 is 2.00 bits per heavy atom. The molecule has 1 unspecified atom stereocenters. The minimum atomic E-state index is 0.463. The summed E-state index contributed by atoms with van der Waals surface area (Å²) in [5.41, 5.74) is 5.39. The molecule has 1 aromatic carbocycles. The lowest BCUT2D eigenvalue weighted by Gasteiger charge is -2.30. The number of benzene rings is 1. The predicted octanol–water partition coefficient (Wildman–Crippen LogP) is 5.46.